The third-order valence-electron chi connectivity index (χ3n) is 3.13. The minimum atomic E-state index is 0.477. The fourth-order valence-corrected chi connectivity index (χ4v) is 2.10. The summed E-state index contributed by atoms with van der Waals surface area (Å²) in [5.41, 5.74) is 7.82. The summed E-state index contributed by atoms with van der Waals surface area (Å²) in [7, 11) is 0. The summed E-state index contributed by atoms with van der Waals surface area (Å²) in [4.78, 5) is 17.5. The molecular formula is C16H16N6. The Bertz CT molecular complexity index is 836. The van der Waals surface area contributed by atoms with E-state index in [-0.39, 0.29) is 0 Å². The Hall–Kier alpha value is -2.89. The molecule has 2 heterocycles. The molecule has 6 nitrogen and oxygen atoms in total. The topological polar surface area (TPSA) is 76.0 Å². The number of anilines is 1. The molecule has 3 aromatic rings. The van der Waals surface area contributed by atoms with Crippen LogP contribution in [0.1, 0.15) is 24.0 Å². The zero-order valence-corrected chi connectivity index (χ0v) is 12.7. The van der Waals surface area contributed by atoms with E-state index in [4.69, 9.17) is 0 Å². The number of hydrazone groups is 1. The maximum atomic E-state index is 4.55. The van der Waals surface area contributed by atoms with Crippen LogP contribution in [0.25, 0.3) is 11.0 Å². The molecule has 0 unspecified atom stereocenters. The summed E-state index contributed by atoms with van der Waals surface area (Å²) in [5.74, 6) is 0.477. The van der Waals surface area contributed by atoms with Gasteiger partial charge in [0.2, 0.25) is 5.95 Å². The van der Waals surface area contributed by atoms with E-state index in [2.05, 4.69) is 30.5 Å². The molecule has 0 aliphatic carbocycles. The molecule has 3 rings (SSSR count). The van der Waals surface area contributed by atoms with Crippen molar-refractivity contribution in [1.82, 2.24) is 19.9 Å². The van der Waals surface area contributed by atoms with Crippen LogP contribution in [0.2, 0.25) is 0 Å². The molecule has 0 aliphatic heterocycles. The van der Waals surface area contributed by atoms with Crippen molar-refractivity contribution in [2.24, 2.45) is 5.10 Å². The quantitative estimate of drug-likeness (QED) is 0.593. The van der Waals surface area contributed by atoms with Gasteiger partial charge in [0, 0.05) is 11.4 Å². The van der Waals surface area contributed by atoms with E-state index in [0.29, 0.717) is 5.95 Å². The average molecular weight is 292 g/mol. The van der Waals surface area contributed by atoms with Crippen LogP contribution >= 0.6 is 0 Å². The lowest BCUT2D eigenvalue weighted by Crippen LogP contribution is -2.06. The Labute approximate surface area is 128 Å². The van der Waals surface area contributed by atoms with Gasteiger partial charge >= 0.3 is 0 Å². The molecule has 6 heteroatoms. The predicted octanol–water partition coefficient (Wildman–Crippen LogP) is 2.87. The first-order valence-electron chi connectivity index (χ1n) is 6.96. The molecule has 0 saturated heterocycles. The van der Waals surface area contributed by atoms with Crippen LogP contribution < -0.4 is 5.43 Å². The fourth-order valence-electron chi connectivity index (χ4n) is 2.10. The molecule has 0 amide bonds. The molecule has 1 aromatic carbocycles. The van der Waals surface area contributed by atoms with Crippen LogP contribution in [-0.2, 0) is 0 Å². The lowest BCUT2D eigenvalue weighted by atomic mass is 10.2. The second kappa shape index (κ2) is 5.85. The number of benzene rings is 1. The van der Waals surface area contributed by atoms with Gasteiger partial charge in [0.1, 0.15) is 5.69 Å². The van der Waals surface area contributed by atoms with Crippen LogP contribution in [0.15, 0.2) is 41.6 Å². The Morgan fingerprint density at radius 1 is 1.00 bits per heavy atom. The number of aryl methyl sites for hydroxylation is 2. The summed E-state index contributed by atoms with van der Waals surface area (Å²) in [6, 6.07) is 9.65. The molecule has 0 spiro atoms. The second-order valence-electron chi connectivity index (χ2n) is 5.03. The summed E-state index contributed by atoms with van der Waals surface area (Å²) >= 11 is 0. The first-order chi connectivity index (χ1) is 10.6. The summed E-state index contributed by atoms with van der Waals surface area (Å²) in [6.07, 6.45) is 1.71. The van der Waals surface area contributed by atoms with Crippen LogP contribution in [0.4, 0.5) is 5.95 Å². The highest BCUT2D eigenvalue weighted by atomic mass is 15.4. The van der Waals surface area contributed by atoms with E-state index >= 15 is 0 Å². The highest BCUT2D eigenvalue weighted by Gasteiger charge is 2.03. The number of hydrogen-bond donors (Lipinski definition) is 1. The van der Waals surface area contributed by atoms with Crippen LogP contribution in [-0.4, -0.2) is 25.6 Å². The third-order valence-corrected chi connectivity index (χ3v) is 3.13. The molecule has 110 valence electrons. The van der Waals surface area contributed by atoms with Crippen LogP contribution in [0, 0.1) is 13.8 Å². The van der Waals surface area contributed by atoms with Crippen molar-refractivity contribution >= 4 is 22.7 Å². The van der Waals surface area contributed by atoms with Crippen molar-refractivity contribution in [3.63, 3.8) is 0 Å². The Morgan fingerprint density at radius 3 is 2.41 bits per heavy atom. The number of hydrogen-bond acceptors (Lipinski definition) is 6. The molecular weight excluding hydrogens is 276 g/mol. The molecule has 2 aromatic heterocycles. The van der Waals surface area contributed by atoms with Crippen molar-refractivity contribution in [2.45, 2.75) is 20.8 Å². The number of nitrogens with one attached hydrogen (secondary N) is 1. The van der Waals surface area contributed by atoms with E-state index in [1.807, 2.05) is 51.1 Å². The second-order valence-corrected chi connectivity index (χ2v) is 5.03. The summed E-state index contributed by atoms with van der Waals surface area (Å²) in [5, 5.41) is 4.29. The maximum absolute atomic E-state index is 4.55. The van der Waals surface area contributed by atoms with Gasteiger partial charge in [0.25, 0.3) is 0 Å². The van der Waals surface area contributed by atoms with E-state index in [0.717, 1.165) is 33.8 Å². The van der Waals surface area contributed by atoms with Crippen LogP contribution in [0.5, 0.6) is 0 Å². The number of aromatic nitrogens is 4. The maximum Gasteiger partial charge on any atom is 0.243 e. The van der Waals surface area contributed by atoms with Gasteiger partial charge in [-0.25, -0.2) is 20.4 Å². The molecule has 0 radical (unpaired) electrons. The van der Waals surface area contributed by atoms with Gasteiger partial charge in [-0.2, -0.15) is 5.10 Å². The van der Waals surface area contributed by atoms with E-state index in [1.54, 1.807) is 6.20 Å². The van der Waals surface area contributed by atoms with Gasteiger partial charge in [0.05, 0.1) is 22.9 Å². The molecule has 1 N–H and O–H groups in total. The van der Waals surface area contributed by atoms with E-state index in [9.17, 15) is 0 Å². The standard InChI is InChI=1S/C16H16N6/c1-10-8-11(2)19-16(18-10)22-21-12(3)15-9-17-13-6-4-5-7-14(13)20-15/h4-9H,1-3H3,(H,18,19,22). The van der Waals surface area contributed by atoms with E-state index in [1.165, 1.54) is 0 Å². The first kappa shape index (κ1) is 14.1. The minimum absolute atomic E-state index is 0.477. The number of fused-ring (bicyclic) bond motifs is 1. The highest BCUT2D eigenvalue weighted by Crippen LogP contribution is 2.09. The SMILES string of the molecule is CC(=NNc1nc(C)cc(C)n1)c1cnc2ccccc2n1. The zero-order chi connectivity index (χ0) is 15.5. The van der Waals surface area contributed by atoms with E-state index < -0.39 is 0 Å². The van der Waals surface area contributed by atoms with Gasteiger partial charge < -0.3 is 0 Å². The number of para-hydroxylation sites is 2. The highest BCUT2D eigenvalue weighted by molar-refractivity contribution is 5.98. The predicted molar refractivity (Wildman–Crippen MR) is 86.9 cm³/mol. The average Bonchev–Trinajstić information content (AvgIpc) is 2.51. The smallest absolute Gasteiger partial charge is 0.243 e. The van der Waals surface area contributed by atoms with Crippen molar-refractivity contribution in [1.29, 1.82) is 0 Å². The first-order valence-corrected chi connectivity index (χ1v) is 6.96. The molecule has 0 aliphatic rings. The van der Waals surface area contributed by atoms with Gasteiger partial charge in [0.15, 0.2) is 0 Å². The molecule has 0 atom stereocenters. The van der Waals surface area contributed by atoms with Crippen molar-refractivity contribution < 1.29 is 0 Å². The number of rotatable bonds is 3. The van der Waals surface area contributed by atoms with Gasteiger partial charge in [-0.1, -0.05) is 12.1 Å². The molecule has 0 saturated carbocycles. The summed E-state index contributed by atoms with van der Waals surface area (Å²) in [6.45, 7) is 5.71. The minimum Gasteiger partial charge on any atom is -0.252 e. The van der Waals surface area contributed by atoms with Gasteiger partial charge in [-0.15, -0.1) is 0 Å². The zero-order valence-electron chi connectivity index (χ0n) is 12.7. The number of nitrogens with zero attached hydrogens (tertiary/aromatic N) is 5. The monoisotopic (exact) mass is 292 g/mol. The third kappa shape index (κ3) is 3.06. The van der Waals surface area contributed by atoms with Crippen molar-refractivity contribution in [3.8, 4) is 0 Å². The van der Waals surface area contributed by atoms with Crippen molar-refractivity contribution in [2.75, 3.05) is 5.43 Å². The molecule has 0 fully saturated rings. The molecule has 22 heavy (non-hydrogen) atoms. The fraction of sp³-hybridized carbons (Fsp3) is 0.188. The normalized spacial score (nSPS) is 11.7. The van der Waals surface area contributed by atoms with Crippen molar-refractivity contribution in [3.05, 3.63) is 53.6 Å². The van der Waals surface area contributed by atoms with Gasteiger partial charge in [-0.05, 0) is 39.0 Å². The Kier molecular flexibility index (Phi) is 3.74. The Balaban J connectivity index is 1.86. The van der Waals surface area contributed by atoms with Crippen LogP contribution in [0.3, 0.4) is 0 Å². The largest absolute Gasteiger partial charge is 0.252 e. The van der Waals surface area contributed by atoms with Gasteiger partial charge in [-0.3, -0.25) is 4.98 Å². The lowest BCUT2D eigenvalue weighted by Gasteiger charge is -2.04. The Morgan fingerprint density at radius 2 is 1.68 bits per heavy atom. The lowest BCUT2D eigenvalue weighted by molar-refractivity contribution is 1.03. The summed E-state index contributed by atoms with van der Waals surface area (Å²) < 4.78 is 0. The molecule has 0 bridgehead atoms.